The molecule has 0 saturated heterocycles. The Kier molecular flexibility index (Phi) is 8.17. The maximum atomic E-state index is 12.8. The van der Waals surface area contributed by atoms with Gasteiger partial charge in [0.15, 0.2) is 0 Å². The van der Waals surface area contributed by atoms with E-state index >= 15 is 0 Å². The highest BCUT2D eigenvalue weighted by Gasteiger charge is 2.13. The zero-order chi connectivity index (χ0) is 24.5. The number of ether oxygens (including phenoxy) is 1. The maximum absolute atomic E-state index is 12.8. The van der Waals surface area contributed by atoms with Crippen LogP contribution < -0.4 is 10.1 Å². The van der Waals surface area contributed by atoms with Gasteiger partial charge in [0.1, 0.15) is 24.0 Å². The van der Waals surface area contributed by atoms with Crippen LogP contribution in [0.5, 0.6) is 5.75 Å². The molecule has 4 rings (SSSR count). The van der Waals surface area contributed by atoms with E-state index in [0.717, 1.165) is 29.2 Å². The van der Waals surface area contributed by atoms with Crippen LogP contribution in [0.15, 0.2) is 96.6 Å². The smallest absolute Gasteiger partial charge is 0.261 e. The third-order valence-corrected chi connectivity index (χ3v) is 5.91. The Balaban J connectivity index is 1.52. The minimum atomic E-state index is -0.392. The number of carbonyl (C=O) groups excluding carboxylic acids is 1. The van der Waals surface area contributed by atoms with Gasteiger partial charge in [0.2, 0.25) is 0 Å². The van der Waals surface area contributed by atoms with Gasteiger partial charge in [-0.15, -0.1) is 0 Å². The van der Waals surface area contributed by atoms with Crippen molar-refractivity contribution in [2.75, 3.05) is 6.54 Å². The van der Waals surface area contributed by atoms with Crippen LogP contribution in [0, 0.1) is 11.3 Å². The lowest BCUT2D eigenvalue weighted by molar-refractivity contribution is -0.117. The van der Waals surface area contributed by atoms with Gasteiger partial charge in [-0.05, 0) is 59.0 Å². The van der Waals surface area contributed by atoms with E-state index in [9.17, 15) is 10.1 Å². The number of fused-ring (bicyclic) bond motifs is 1. The molecule has 4 nitrogen and oxygen atoms in total. The van der Waals surface area contributed by atoms with Gasteiger partial charge < -0.3 is 10.1 Å². The largest absolute Gasteiger partial charge is 0.488 e. The summed E-state index contributed by atoms with van der Waals surface area (Å²) in [7, 11) is 0. The molecule has 0 aliphatic carbocycles. The predicted molar refractivity (Wildman–Crippen MR) is 141 cm³/mol. The van der Waals surface area contributed by atoms with Crippen molar-refractivity contribution in [3.63, 3.8) is 0 Å². The van der Waals surface area contributed by atoms with E-state index < -0.39 is 5.91 Å². The molecule has 0 fully saturated rings. The van der Waals surface area contributed by atoms with Gasteiger partial charge in [0.05, 0.1) is 0 Å². The van der Waals surface area contributed by atoms with Crippen molar-refractivity contribution in [2.24, 2.45) is 0 Å². The number of amides is 1. The fourth-order valence-electron chi connectivity index (χ4n) is 3.82. The molecule has 4 aromatic rings. The molecule has 1 N–H and O–H groups in total. The minimum Gasteiger partial charge on any atom is -0.488 e. The number of hydrogen-bond donors (Lipinski definition) is 1. The van der Waals surface area contributed by atoms with E-state index in [0.29, 0.717) is 29.5 Å². The molecular weight excluding hydrogens is 456 g/mol. The Morgan fingerprint density at radius 2 is 1.66 bits per heavy atom. The average Bonchev–Trinajstić information content (AvgIpc) is 2.90. The van der Waals surface area contributed by atoms with Gasteiger partial charge in [0.25, 0.3) is 5.91 Å². The highest BCUT2D eigenvalue weighted by molar-refractivity contribution is 6.30. The monoisotopic (exact) mass is 480 g/mol. The molecule has 4 aromatic carbocycles. The fraction of sp³-hybridized carbons (Fsp3) is 0.133. The molecule has 1 amide bonds. The van der Waals surface area contributed by atoms with E-state index in [4.69, 9.17) is 16.3 Å². The first-order valence-corrected chi connectivity index (χ1v) is 11.8. The molecule has 0 aliphatic heterocycles. The van der Waals surface area contributed by atoms with Crippen molar-refractivity contribution in [3.8, 4) is 11.8 Å². The van der Waals surface area contributed by atoms with Crippen LogP contribution in [-0.2, 0) is 17.8 Å². The number of nitriles is 1. The summed E-state index contributed by atoms with van der Waals surface area (Å²) in [4.78, 5) is 12.8. The molecule has 0 unspecified atom stereocenters. The van der Waals surface area contributed by atoms with Gasteiger partial charge in [-0.25, -0.2) is 0 Å². The van der Waals surface area contributed by atoms with Crippen molar-refractivity contribution in [1.29, 1.82) is 5.26 Å². The summed E-state index contributed by atoms with van der Waals surface area (Å²) in [5, 5.41) is 15.2. The lowest BCUT2D eigenvalue weighted by Gasteiger charge is -2.13. The number of nitrogens with one attached hydrogen (secondary N) is 1. The van der Waals surface area contributed by atoms with Gasteiger partial charge >= 0.3 is 0 Å². The number of hydrogen-bond acceptors (Lipinski definition) is 3. The molecule has 0 aromatic heterocycles. The second-order valence-electron chi connectivity index (χ2n) is 8.13. The lowest BCUT2D eigenvalue weighted by Crippen LogP contribution is -2.25. The maximum Gasteiger partial charge on any atom is 0.261 e. The van der Waals surface area contributed by atoms with Gasteiger partial charge in [0, 0.05) is 17.1 Å². The van der Waals surface area contributed by atoms with E-state index in [1.807, 2.05) is 78.9 Å². The van der Waals surface area contributed by atoms with Crippen LogP contribution in [0.3, 0.4) is 0 Å². The van der Waals surface area contributed by atoms with Crippen LogP contribution in [0.4, 0.5) is 0 Å². The molecule has 35 heavy (non-hydrogen) atoms. The second kappa shape index (κ2) is 11.9. The van der Waals surface area contributed by atoms with E-state index in [1.165, 1.54) is 5.56 Å². The number of aryl methyl sites for hydroxylation is 1. The standard InChI is InChI=1S/C30H25ClN2O2/c31-26-15-12-23(13-16-26)21-35-29-17-14-24-10-4-5-11-27(24)28(29)19-25(20-32)30(34)33-18-6-9-22-7-2-1-3-8-22/h1-5,7-8,10-17,19H,6,9,18,21H2,(H,33,34)/b25-19-. The SMILES string of the molecule is N#C/C(=C/c1c(OCc2ccc(Cl)cc2)ccc2ccccc12)C(=O)NCCCc1ccccc1. The van der Waals surface area contributed by atoms with E-state index in [-0.39, 0.29) is 5.57 Å². The zero-order valence-corrected chi connectivity index (χ0v) is 20.0. The molecule has 0 radical (unpaired) electrons. The van der Waals surface area contributed by atoms with Crippen LogP contribution in [0.2, 0.25) is 5.02 Å². The predicted octanol–water partition coefficient (Wildman–Crippen LogP) is 6.73. The Morgan fingerprint density at radius 3 is 2.43 bits per heavy atom. The number of nitrogens with zero attached hydrogens (tertiary/aromatic N) is 1. The number of halogens is 1. The highest BCUT2D eigenvalue weighted by atomic mass is 35.5. The molecule has 174 valence electrons. The summed E-state index contributed by atoms with van der Waals surface area (Å²) in [5.41, 5.74) is 2.93. The third-order valence-electron chi connectivity index (χ3n) is 5.66. The molecule has 0 aliphatic rings. The van der Waals surface area contributed by atoms with E-state index in [2.05, 4.69) is 23.5 Å². The van der Waals surface area contributed by atoms with E-state index in [1.54, 1.807) is 6.08 Å². The molecule has 0 heterocycles. The van der Waals surface area contributed by atoms with Gasteiger partial charge in [-0.2, -0.15) is 5.26 Å². The molecule has 0 saturated carbocycles. The van der Waals surface area contributed by atoms with Gasteiger partial charge in [-0.3, -0.25) is 4.79 Å². The summed E-state index contributed by atoms with van der Waals surface area (Å²) in [6.07, 6.45) is 3.27. The van der Waals surface area contributed by atoms with Gasteiger partial charge in [-0.1, -0.05) is 84.4 Å². The van der Waals surface area contributed by atoms with Crippen molar-refractivity contribution in [3.05, 3.63) is 118 Å². The first kappa shape index (κ1) is 24.1. The fourth-order valence-corrected chi connectivity index (χ4v) is 3.95. The summed E-state index contributed by atoms with van der Waals surface area (Å²) in [6, 6.07) is 31.3. The van der Waals surface area contributed by atoms with Crippen LogP contribution in [-0.4, -0.2) is 12.5 Å². The average molecular weight is 481 g/mol. The lowest BCUT2D eigenvalue weighted by atomic mass is 10.0. The minimum absolute atomic E-state index is 0.0393. The Morgan fingerprint density at radius 1 is 0.914 bits per heavy atom. The Bertz CT molecular complexity index is 1370. The molecule has 0 atom stereocenters. The first-order chi connectivity index (χ1) is 17.1. The molecular formula is C30H25ClN2O2. The van der Waals surface area contributed by atoms with Crippen LogP contribution in [0.25, 0.3) is 16.8 Å². The number of carbonyl (C=O) groups is 1. The van der Waals surface area contributed by atoms with Crippen molar-refractivity contribution in [1.82, 2.24) is 5.32 Å². The topological polar surface area (TPSA) is 62.1 Å². The summed E-state index contributed by atoms with van der Waals surface area (Å²) in [6.45, 7) is 0.826. The van der Waals surface area contributed by atoms with Crippen molar-refractivity contribution >= 4 is 34.4 Å². The second-order valence-corrected chi connectivity index (χ2v) is 8.56. The normalized spacial score (nSPS) is 11.1. The summed E-state index contributed by atoms with van der Waals surface area (Å²) < 4.78 is 6.12. The van der Waals surface area contributed by atoms with Crippen LogP contribution >= 0.6 is 11.6 Å². The Hall–Kier alpha value is -4.07. The summed E-state index contributed by atoms with van der Waals surface area (Å²) >= 11 is 5.98. The first-order valence-electron chi connectivity index (χ1n) is 11.5. The van der Waals surface area contributed by atoms with Crippen LogP contribution in [0.1, 0.15) is 23.1 Å². The molecule has 5 heteroatoms. The number of benzene rings is 4. The Labute approximate surface area is 210 Å². The van der Waals surface area contributed by atoms with Crippen molar-refractivity contribution < 1.29 is 9.53 Å². The molecule has 0 spiro atoms. The third kappa shape index (κ3) is 6.50. The highest BCUT2D eigenvalue weighted by Crippen LogP contribution is 2.31. The quantitative estimate of drug-likeness (QED) is 0.164. The summed E-state index contributed by atoms with van der Waals surface area (Å²) in [5.74, 6) is 0.209. The zero-order valence-electron chi connectivity index (χ0n) is 19.2. The number of rotatable bonds is 9. The molecule has 0 bridgehead atoms. The van der Waals surface area contributed by atoms with Crippen molar-refractivity contribution in [2.45, 2.75) is 19.4 Å².